The van der Waals surface area contributed by atoms with Crippen molar-refractivity contribution in [2.24, 2.45) is 0 Å². The molecule has 2 N–H and O–H groups in total. The topological polar surface area (TPSA) is 40.7 Å². The van der Waals surface area contributed by atoms with Crippen LogP contribution in [0.2, 0.25) is 0 Å². The Morgan fingerprint density at radius 1 is 1.25 bits per heavy atom. The summed E-state index contributed by atoms with van der Waals surface area (Å²) in [6.07, 6.45) is 2.16. The highest BCUT2D eigenvalue weighted by atomic mass is 19.1. The first kappa shape index (κ1) is 9.78. The number of aromatic nitrogens is 2. The molecule has 16 heavy (non-hydrogen) atoms. The standard InChI is InChI=1S/C12H14FN3/c13-10-3-1-2-9-11(15-16-12(9)10)8-4-6-14-7-5-8/h1-3,8,14H,4-7H2,(H,15,16). The van der Waals surface area contributed by atoms with Gasteiger partial charge in [0.25, 0.3) is 0 Å². The van der Waals surface area contributed by atoms with Crippen molar-refractivity contribution in [3.63, 3.8) is 0 Å². The highest BCUT2D eigenvalue weighted by molar-refractivity contribution is 5.82. The van der Waals surface area contributed by atoms with E-state index in [1.807, 2.05) is 6.07 Å². The summed E-state index contributed by atoms with van der Waals surface area (Å²) in [5.74, 6) is 0.238. The maximum absolute atomic E-state index is 13.5. The molecule has 0 radical (unpaired) electrons. The summed E-state index contributed by atoms with van der Waals surface area (Å²) in [7, 11) is 0. The molecule has 0 aliphatic carbocycles. The van der Waals surface area contributed by atoms with Gasteiger partial charge >= 0.3 is 0 Å². The lowest BCUT2D eigenvalue weighted by molar-refractivity contribution is 0.454. The van der Waals surface area contributed by atoms with E-state index in [0.29, 0.717) is 11.4 Å². The summed E-state index contributed by atoms with van der Waals surface area (Å²) in [6, 6.07) is 5.16. The molecule has 4 heteroatoms. The molecule has 1 saturated heterocycles. The smallest absolute Gasteiger partial charge is 0.148 e. The summed E-state index contributed by atoms with van der Waals surface area (Å²) in [5.41, 5.74) is 1.56. The molecular weight excluding hydrogens is 205 g/mol. The predicted octanol–water partition coefficient (Wildman–Crippen LogP) is 2.17. The number of hydrogen-bond donors (Lipinski definition) is 2. The number of fused-ring (bicyclic) bond motifs is 1. The second kappa shape index (κ2) is 3.87. The third-order valence-corrected chi connectivity index (χ3v) is 3.30. The summed E-state index contributed by atoms with van der Waals surface area (Å²) in [5, 5.41) is 11.4. The number of nitrogens with zero attached hydrogens (tertiary/aromatic N) is 1. The van der Waals surface area contributed by atoms with E-state index in [4.69, 9.17) is 0 Å². The minimum absolute atomic E-state index is 0.217. The van der Waals surface area contributed by atoms with E-state index >= 15 is 0 Å². The minimum Gasteiger partial charge on any atom is -0.317 e. The summed E-state index contributed by atoms with van der Waals surface area (Å²) >= 11 is 0. The van der Waals surface area contributed by atoms with Crippen LogP contribution in [0.5, 0.6) is 0 Å². The zero-order valence-corrected chi connectivity index (χ0v) is 8.96. The van der Waals surface area contributed by atoms with Gasteiger partial charge in [0, 0.05) is 11.3 Å². The fourth-order valence-electron chi connectivity index (χ4n) is 2.43. The molecule has 0 unspecified atom stereocenters. The van der Waals surface area contributed by atoms with Gasteiger partial charge in [0.15, 0.2) is 0 Å². The quantitative estimate of drug-likeness (QED) is 0.771. The number of benzene rings is 1. The normalized spacial score (nSPS) is 18.1. The first-order valence-electron chi connectivity index (χ1n) is 5.69. The third-order valence-electron chi connectivity index (χ3n) is 3.30. The largest absolute Gasteiger partial charge is 0.317 e. The highest BCUT2D eigenvalue weighted by Gasteiger charge is 2.20. The molecule has 3 rings (SSSR count). The van der Waals surface area contributed by atoms with E-state index in [1.165, 1.54) is 6.07 Å². The van der Waals surface area contributed by atoms with Crippen LogP contribution in [0, 0.1) is 5.82 Å². The Morgan fingerprint density at radius 3 is 2.88 bits per heavy atom. The van der Waals surface area contributed by atoms with Gasteiger partial charge < -0.3 is 5.32 Å². The average molecular weight is 219 g/mol. The van der Waals surface area contributed by atoms with Crippen molar-refractivity contribution in [3.05, 3.63) is 29.7 Å². The van der Waals surface area contributed by atoms with Crippen LogP contribution in [0.15, 0.2) is 18.2 Å². The molecule has 0 spiro atoms. The molecule has 1 aliphatic rings. The van der Waals surface area contributed by atoms with Crippen LogP contribution in [-0.4, -0.2) is 23.3 Å². The van der Waals surface area contributed by atoms with Crippen LogP contribution in [0.25, 0.3) is 10.9 Å². The number of aromatic amines is 1. The summed E-state index contributed by atoms with van der Waals surface area (Å²) in [6.45, 7) is 2.04. The Morgan fingerprint density at radius 2 is 2.06 bits per heavy atom. The Balaban J connectivity index is 2.06. The maximum Gasteiger partial charge on any atom is 0.148 e. The Hall–Kier alpha value is -1.42. The van der Waals surface area contributed by atoms with Crippen LogP contribution in [0.1, 0.15) is 24.5 Å². The van der Waals surface area contributed by atoms with E-state index in [9.17, 15) is 4.39 Å². The van der Waals surface area contributed by atoms with Crippen LogP contribution in [0.3, 0.4) is 0 Å². The summed E-state index contributed by atoms with van der Waals surface area (Å²) < 4.78 is 13.5. The van der Waals surface area contributed by atoms with Gasteiger partial charge in [-0.05, 0) is 32.0 Å². The lowest BCUT2D eigenvalue weighted by atomic mass is 9.92. The minimum atomic E-state index is -0.217. The first-order chi connectivity index (χ1) is 7.86. The predicted molar refractivity (Wildman–Crippen MR) is 60.9 cm³/mol. The number of para-hydroxylation sites is 1. The van der Waals surface area contributed by atoms with Crippen molar-refractivity contribution in [1.82, 2.24) is 15.5 Å². The zero-order chi connectivity index (χ0) is 11.0. The molecule has 2 aromatic rings. The number of H-pyrrole nitrogens is 1. The fraction of sp³-hybridized carbons (Fsp3) is 0.417. The van der Waals surface area contributed by atoms with Gasteiger partial charge in [0.2, 0.25) is 0 Å². The molecule has 0 atom stereocenters. The van der Waals surface area contributed by atoms with Crippen molar-refractivity contribution < 1.29 is 4.39 Å². The molecule has 2 heterocycles. The fourth-order valence-corrected chi connectivity index (χ4v) is 2.43. The molecule has 0 saturated carbocycles. The molecule has 84 valence electrons. The third kappa shape index (κ3) is 1.50. The Bertz CT molecular complexity index is 500. The number of rotatable bonds is 1. The van der Waals surface area contributed by atoms with E-state index in [1.54, 1.807) is 6.07 Å². The molecule has 0 amide bonds. The molecule has 3 nitrogen and oxygen atoms in total. The van der Waals surface area contributed by atoms with Gasteiger partial charge in [-0.15, -0.1) is 0 Å². The van der Waals surface area contributed by atoms with Crippen LogP contribution in [-0.2, 0) is 0 Å². The molecule has 1 aromatic heterocycles. The highest BCUT2D eigenvalue weighted by Crippen LogP contribution is 2.30. The lowest BCUT2D eigenvalue weighted by Gasteiger charge is -2.21. The van der Waals surface area contributed by atoms with E-state index in [-0.39, 0.29) is 5.82 Å². The molecule has 1 aromatic carbocycles. The Kier molecular flexibility index (Phi) is 2.36. The SMILES string of the molecule is Fc1cccc2c(C3CCNCC3)n[nH]c12. The van der Waals surface area contributed by atoms with Crippen molar-refractivity contribution in [2.45, 2.75) is 18.8 Å². The maximum atomic E-state index is 13.5. The molecule has 1 fully saturated rings. The monoisotopic (exact) mass is 219 g/mol. The van der Waals surface area contributed by atoms with Gasteiger partial charge in [-0.2, -0.15) is 5.10 Å². The summed E-state index contributed by atoms with van der Waals surface area (Å²) in [4.78, 5) is 0. The van der Waals surface area contributed by atoms with Gasteiger partial charge in [-0.3, -0.25) is 5.10 Å². The van der Waals surface area contributed by atoms with Crippen molar-refractivity contribution in [1.29, 1.82) is 0 Å². The van der Waals surface area contributed by atoms with Gasteiger partial charge in [-0.1, -0.05) is 12.1 Å². The number of hydrogen-bond acceptors (Lipinski definition) is 2. The van der Waals surface area contributed by atoms with E-state index in [0.717, 1.165) is 37.0 Å². The molecule has 1 aliphatic heterocycles. The molecule has 0 bridgehead atoms. The lowest BCUT2D eigenvalue weighted by Crippen LogP contribution is -2.26. The van der Waals surface area contributed by atoms with Crippen LogP contribution in [0.4, 0.5) is 4.39 Å². The molecular formula is C12H14FN3. The zero-order valence-electron chi connectivity index (χ0n) is 8.96. The second-order valence-corrected chi connectivity index (χ2v) is 4.30. The van der Waals surface area contributed by atoms with Crippen molar-refractivity contribution in [3.8, 4) is 0 Å². The van der Waals surface area contributed by atoms with Crippen molar-refractivity contribution >= 4 is 10.9 Å². The number of halogens is 1. The first-order valence-corrected chi connectivity index (χ1v) is 5.69. The van der Waals surface area contributed by atoms with Crippen LogP contribution >= 0.6 is 0 Å². The number of piperidine rings is 1. The van der Waals surface area contributed by atoms with E-state index < -0.39 is 0 Å². The van der Waals surface area contributed by atoms with Gasteiger partial charge in [0.1, 0.15) is 11.3 Å². The number of nitrogens with one attached hydrogen (secondary N) is 2. The van der Waals surface area contributed by atoms with Crippen LogP contribution < -0.4 is 5.32 Å². The second-order valence-electron chi connectivity index (χ2n) is 4.30. The van der Waals surface area contributed by atoms with Gasteiger partial charge in [0.05, 0.1) is 5.69 Å². The Labute approximate surface area is 93.0 Å². The van der Waals surface area contributed by atoms with Gasteiger partial charge in [-0.25, -0.2) is 4.39 Å². The van der Waals surface area contributed by atoms with E-state index in [2.05, 4.69) is 15.5 Å². The van der Waals surface area contributed by atoms with Crippen molar-refractivity contribution in [2.75, 3.05) is 13.1 Å². The average Bonchev–Trinajstić information content (AvgIpc) is 2.75.